The lowest BCUT2D eigenvalue weighted by Crippen LogP contribution is -2.40. The molecule has 0 aliphatic rings. The molecule has 0 unspecified atom stereocenters. The second kappa shape index (κ2) is 6.25. The first-order valence-corrected chi connectivity index (χ1v) is 7.19. The van der Waals surface area contributed by atoms with Gasteiger partial charge in [0, 0.05) is 19.8 Å². The summed E-state index contributed by atoms with van der Waals surface area (Å²) in [7, 11) is 3.26. The van der Waals surface area contributed by atoms with Crippen LogP contribution < -0.4 is 16.0 Å². The van der Waals surface area contributed by atoms with Crippen LogP contribution in [0.1, 0.15) is 5.56 Å². The molecule has 0 atom stereocenters. The van der Waals surface area contributed by atoms with Gasteiger partial charge in [-0.2, -0.15) is 0 Å². The van der Waals surface area contributed by atoms with Gasteiger partial charge in [-0.3, -0.25) is 9.36 Å². The number of hydrogen-bond donors (Lipinski definition) is 0. The average molecular weight is 386 g/mol. The van der Waals surface area contributed by atoms with Crippen molar-refractivity contribution < 1.29 is 4.74 Å². The number of aryl methyl sites for hydroxylation is 2. The molecule has 1 aromatic heterocycles. The Labute approximate surface area is 130 Å². The van der Waals surface area contributed by atoms with Crippen molar-refractivity contribution in [2.45, 2.75) is 13.0 Å². The van der Waals surface area contributed by atoms with Crippen LogP contribution in [-0.4, -0.2) is 16.2 Å². The third kappa shape index (κ3) is 3.12. The summed E-state index contributed by atoms with van der Waals surface area (Å²) >= 11 is 1.95. The molecule has 6 heteroatoms. The van der Waals surface area contributed by atoms with Crippen LogP contribution in [0, 0.1) is 3.57 Å². The number of benzene rings is 1. The molecule has 0 amide bonds. The average Bonchev–Trinajstić information content (AvgIpc) is 2.46. The normalized spacial score (nSPS) is 10.6. The fourth-order valence-corrected chi connectivity index (χ4v) is 2.63. The van der Waals surface area contributed by atoms with Crippen LogP contribution in [0.2, 0.25) is 0 Å². The fourth-order valence-electron chi connectivity index (χ4n) is 1.92. The standard InChI is InChI=1S/C14H15IN2O3/c1-16-9-12(15)13(18)17(14(16)19)8-7-10-3-5-11(20-2)6-4-10/h3-6,9H,7-8H2,1-2H3. The van der Waals surface area contributed by atoms with Crippen LogP contribution in [0.4, 0.5) is 0 Å². The Hall–Kier alpha value is -1.57. The van der Waals surface area contributed by atoms with Gasteiger partial charge in [0.2, 0.25) is 0 Å². The molecule has 2 aromatic rings. The minimum Gasteiger partial charge on any atom is -0.497 e. The maximum absolute atomic E-state index is 12.0. The van der Waals surface area contributed by atoms with E-state index < -0.39 is 0 Å². The lowest BCUT2D eigenvalue weighted by molar-refractivity contribution is 0.414. The first-order valence-electron chi connectivity index (χ1n) is 6.12. The van der Waals surface area contributed by atoms with Crippen molar-refractivity contribution in [3.8, 4) is 5.75 Å². The highest BCUT2D eigenvalue weighted by Crippen LogP contribution is 2.11. The smallest absolute Gasteiger partial charge is 0.330 e. The van der Waals surface area contributed by atoms with Gasteiger partial charge in [-0.15, -0.1) is 0 Å². The quantitative estimate of drug-likeness (QED) is 0.747. The van der Waals surface area contributed by atoms with E-state index in [1.54, 1.807) is 20.4 Å². The first-order chi connectivity index (χ1) is 9.52. The SMILES string of the molecule is COc1ccc(CCn2c(=O)c(I)cn(C)c2=O)cc1. The molecule has 1 heterocycles. The molecule has 5 nitrogen and oxygen atoms in total. The Balaban J connectivity index is 2.22. The molecule has 0 aliphatic heterocycles. The molecule has 0 N–H and O–H groups in total. The zero-order valence-electron chi connectivity index (χ0n) is 11.3. The summed E-state index contributed by atoms with van der Waals surface area (Å²) in [5, 5.41) is 0. The summed E-state index contributed by atoms with van der Waals surface area (Å²) in [6.07, 6.45) is 2.17. The van der Waals surface area contributed by atoms with Crippen molar-refractivity contribution >= 4 is 22.6 Å². The molecule has 0 radical (unpaired) electrons. The molecule has 1 aromatic carbocycles. The van der Waals surface area contributed by atoms with Crippen LogP contribution in [0.25, 0.3) is 0 Å². The predicted octanol–water partition coefficient (Wildman–Crippen LogP) is 1.40. The molecule has 0 aliphatic carbocycles. The zero-order chi connectivity index (χ0) is 14.7. The van der Waals surface area contributed by atoms with Crippen molar-refractivity contribution in [3.05, 3.63) is 60.4 Å². The Morgan fingerprint density at radius 3 is 2.45 bits per heavy atom. The van der Waals surface area contributed by atoms with E-state index in [9.17, 15) is 9.59 Å². The Morgan fingerprint density at radius 1 is 1.20 bits per heavy atom. The molecule has 0 bridgehead atoms. The lowest BCUT2D eigenvalue weighted by Gasteiger charge is -2.08. The molecule has 0 saturated carbocycles. The predicted molar refractivity (Wildman–Crippen MR) is 85.4 cm³/mol. The van der Waals surface area contributed by atoms with Gasteiger partial charge < -0.3 is 9.30 Å². The fraction of sp³-hybridized carbons (Fsp3) is 0.286. The molecular weight excluding hydrogens is 371 g/mol. The van der Waals surface area contributed by atoms with Gasteiger partial charge in [-0.25, -0.2) is 4.79 Å². The number of nitrogens with zero attached hydrogens (tertiary/aromatic N) is 2. The van der Waals surface area contributed by atoms with Crippen molar-refractivity contribution in [3.63, 3.8) is 0 Å². The highest BCUT2D eigenvalue weighted by molar-refractivity contribution is 14.1. The highest BCUT2D eigenvalue weighted by atomic mass is 127. The summed E-state index contributed by atoms with van der Waals surface area (Å²) in [6.45, 7) is 0.370. The van der Waals surface area contributed by atoms with Crippen molar-refractivity contribution in [1.29, 1.82) is 0 Å². The number of methoxy groups -OCH3 is 1. The maximum atomic E-state index is 12.0. The second-order valence-electron chi connectivity index (χ2n) is 4.43. The van der Waals surface area contributed by atoms with Crippen LogP contribution in [0.3, 0.4) is 0 Å². The van der Waals surface area contributed by atoms with E-state index in [0.717, 1.165) is 11.3 Å². The lowest BCUT2D eigenvalue weighted by atomic mass is 10.1. The Morgan fingerprint density at radius 2 is 1.85 bits per heavy atom. The number of rotatable bonds is 4. The molecule has 0 spiro atoms. The third-order valence-corrected chi connectivity index (χ3v) is 3.81. The van der Waals surface area contributed by atoms with Crippen LogP contribution in [-0.2, 0) is 20.0 Å². The van der Waals surface area contributed by atoms with E-state index in [0.29, 0.717) is 16.5 Å². The summed E-state index contributed by atoms with van der Waals surface area (Å²) in [5.41, 5.74) is 0.532. The monoisotopic (exact) mass is 386 g/mol. The zero-order valence-corrected chi connectivity index (χ0v) is 13.5. The number of aromatic nitrogens is 2. The Bertz CT molecular complexity index is 682. The summed E-state index contributed by atoms with van der Waals surface area (Å²) in [4.78, 5) is 24.0. The van der Waals surface area contributed by atoms with Gasteiger partial charge >= 0.3 is 5.69 Å². The van der Waals surface area contributed by atoms with E-state index in [1.165, 1.54) is 9.13 Å². The summed E-state index contributed by atoms with van der Waals surface area (Å²) < 4.78 is 8.33. The minimum absolute atomic E-state index is 0.234. The second-order valence-corrected chi connectivity index (χ2v) is 5.59. The third-order valence-electron chi connectivity index (χ3n) is 3.07. The van der Waals surface area contributed by atoms with E-state index in [1.807, 2.05) is 46.9 Å². The van der Waals surface area contributed by atoms with Gasteiger partial charge in [0.05, 0.1) is 10.7 Å². The number of halogens is 1. The van der Waals surface area contributed by atoms with Crippen molar-refractivity contribution in [2.24, 2.45) is 7.05 Å². The molecular formula is C14H15IN2O3. The van der Waals surface area contributed by atoms with Crippen LogP contribution >= 0.6 is 22.6 Å². The van der Waals surface area contributed by atoms with Gasteiger partial charge in [0.15, 0.2) is 0 Å². The molecule has 106 valence electrons. The molecule has 0 fully saturated rings. The topological polar surface area (TPSA) is 53.2 Å². The van der Waals surface area contributed by atoms with Crippen LogP contribution in [0.15, 0.2) is 40.1 Å². The van der Waals surface area contributed by atoms with Gasteiger partial charge in [0.1, 0.15) is 5.75 Å². The van der Waals surface area contributed by atoms with E-state index in [2.05, 4.69) is 0 Å². The van der Waals surface area contributed by atoms with Crippen LogP contribution in [0.5, 0.6) is 5.75 Å². The van der Waals surface area contributed by atoms with E-state index in [-0.39, 0.29) is 11.2 Å². The largest absolute Gasteiger partial charge is 0.497 e. The van der Waals surface area contributed by atoms with Gasteiger partial charge in [0.25, 0.3) is 5.56 Å². The molecule has 2 rings (SSSR count). The first kappa shape index (κ1) is 14.8. The van der Waals surface area contributed by atoms with Crippen molar-refractivity contribution in [1.82, 2.24) is 9.13 Å². The summed E-state index contributed by atoms with van der Waals surface area (Å²) in [6, 6.07) is 7.60. The minimum atomic E-state index is -0.288. The van der Waals surface area contributed by atoms with E-state index >= 15 is 0 Å². The highest BCUT2D eigenvalue weighted by Gasteiger charge is 2.07. The number of ether oxygens (including phenoxy) is 1. The van der Waals surface area contributed by atoms with Crippen molar-refractivity contribution in [2.75, 3.05) is 7.11 Å². The summed E-state index contributed by atoms with van der Waals surface area (Å²) in [5.74, 6) is 0.788. The van der Waals surface area contributed by atoms with Gasteiger partial charge in [-0.05, 0) is 46.7 Å². The molecule has 0 saturated heterocycles. The van der Waals surface area contributed by atoms with Gasteiger partial charge in [-0.1, -0.05) is 12.1 Å². The Kier molecular flexibility index (Phi) is 4.64. The molecule has 20 heavy (non-hydrogen) atoms. The van der Waals surface area contributed by atoms with E-state index in [4.69, 9.17) is 4.74 Å². The maximum Gasteiger partial charge on any atom is 0.330 e. The number of hydrogen-bond acceptors (Lipinski definition) is 3.